The topological polar surface area (TPSA) is 35.5 Å². The van der Waals surface area contributed by atoms with Gasteiger partial charge >= 0.3 is 12.1 Å². The maximum Gasteiger partial charge on any atom is 0.416 e. The van der Waals surface area contributed by atoms with Crippen molar-refractivity contribution in [2.45, 2.75) is 51.7 Å². The number of hydrogen-bond donors (Lipinski definition) is 0. The van der Waals surface area contributed by atoms with Gasteiger partial charge in [-0.2, -0.15) is 13.2 Å². The van der Waals surface area contributed by atoms with Gasteiger partial charge in [0.05, 0.1) is 22.8 Å². The molecule has 2 aromatic rings. The van der Waals surface area contributed by atoms with E-state index in [0.29, 0.717) is 0 Å². The van der Waals surface area contributed by atoms with Gasteiger partial charge in [-0.05, 0) is 48.0 Å². The third-order valence-electron chi connectivity index (χ3n) is 5.07. The van der Waals surface area contributed by atoms with Crippen molar-refractivity contribution in [1.82, 2.24) is 0 Å². The monoisotopic (exact) mass is 444 g/mol. The molecule has 0 unspecified atom stereocenters. The normalized spacial score (nSPS) is 12.7. The minimum atomic E-state index is -4.67. The van der Waals surface area contributed by atoms with Crippen LogP contribution in [0.2, 0.25) is 23.2 Å². The summed E-state index contributed by atoms with van der Waals surface area (Å²) in [6, 6.07) is 9.94. The fourth-order valence-electron chi connectivity index (χ4n) is 2.28. The summed E-state index contributed by atoms with van der Waals surface area (Å²) in [4.78, 5) is 12.4. The van der Waals surface area contributed by atoms with Crippen LogP contribution in [0.3, 0.4) is 0 Å². The Bertz CT molecular complexity index is 875. The largest absolute Gasteiger partial charge is 0.423 e. The zero-order valence-corrected chi connectivity index (χ0v) is 18.7. The number of carbonyl (C=O) groups is 1. The second-order valence-electron chi connectivity index (χ2n) is 8.24. The third-order valence-corrected chi connectivity index (χ3v) is 9.86. The van der Waals surface area contributed by atoms with E-state index in [0.717, 1.165) is 12.1 Å². The number of rotatable bonds is 5. The first-order valence-corrected chi connectivity index (χ1v) is 12.3. The van der Waals surface area contributed by atoms with Gasteiger partial charge in [-0.3, -0.25) is 0 Å². The van der Waals surface area contributed by atoms with Crippen molar-refractivity contribution in [3.63, 3.8) is 0 Å². The Morgan fingerprint density at radius 2 is 1.66 bits per heavy atom. The van der Waals surface area contributed by atoms with Crippen molar-refractivity contribution in [2.24, 2.45) is 0 Å². The summed E-state index contributed by atoms with van der Waals surface area (Å²) in [5.41, 5.74) is -1.41. The molecule has 2 rings (SSSR count). The Morgan fingerprint density at radius 3 is 2.17 bits per heavy atom. The van der Waals surface area contributed by atoms with Gasteiger partial charge in [0, 0.05) is 0 Å². The summed E-state index contributed by atoms with van der Waals surface area (Å²) in [7, 11) is -2.28. The van der Waals surface area contributed by atoms with E-state index >= 15 is 0 Å². The molecule has 0 fully saturated rings. The number of para-hydroxylation sites is 1. The number of esters is 1. The minimum absolute atomic E-state index is 0.108. The summed E-state index contributed by atoms with van der Waals surface area (Å²) < 4.78 is 52.1. The summed E-state index contributed by atoms with van der Waals surface area (Å²) >= 11 is 6.14. The number of hydrogen-bond acceptors (Lipinski definition) is 3. The lowest BCUT2D eigenvalue weighted by Gasteiger charge is -2.36. The number of benzene rings is 2. The number of carbonyl (C=O) groups excluding carboxylic acids is 1. The van der Waals surface area contributed by atoms with Gasteiger partial charge in [0.15, 0.2) is 8.32 Å². The highest BCUT2D eigenvalue weighted by atomic mass is 35.5. The van der Waals surface area contributed by atoms with E-state index in [1.165, 1.54) is 12.1 Å². The van der Waals surface area contributed by atoms with E-state index in [9.17, 15) is 18.0 Å². The van der Waals surface area contributed by atoms with E-state index in [-0.39, 0.29) is 33.5 Å². The maximum absolute atomic E-state index is 13.7. The summed E-state index contributed by atoms with van der Waals surface area (Å²) in [6.45, 7) is 9.67. The van der Waals surface area contributed by atoms with Crippen LogP contribution in [-0.2, 0) is 17.2 Å². The average molecular weight is 445 g/mol. The summed E-state index contributed by atoms with van der Waals surface area (Å²) in [5.74, 6) is -0.740. The third kappa shape index (κ3) is 5.84. The first-order valence-electron chi connectivity index (χ1n) is 9.03. The number of halogens is 4. The van der Waals surface area contributed by atoms with Crippen molar-refractivity contribution in [1.29, 1.82) is 0 Å². The molecule has 8 heteroatoms. The molecular formula is C21H24ClF3O3Si. The van der Waals surface area contributed by atoms with Crippen molar-refractivity contribution >= 4 is 25.9 Å². The van der Waals surface area contributed by atoms with Crippen molar-refractivity contribution < 1.29 is 27.1 Å². The first kappa shape index (κ1) is 23.4. The van der Waals surface area contributed by atoms with Crippen LogP contribution in [0, 0.1) is 0 Å². The van der Waals surface area contributed by atoms with Crippen LogP contribution in [0.5, 0.6) is 5.75 Å². The van der Waals surface area contributed by atoms with Crippen molar-refractivity contribution in [3.8, 4) is 5.75 Å². The molecule has 0 atom stereocenters. The Balaban J connectivity index is 2.37. The van der Waals surface area contributed by atoms with E-state index in [4.69, 9.17) is 20.8 Å². The Morgan fingerprint density at radius 1 is 1.07 bits per heavy atom. The second kappa shape index (κ2) is 8.50. The highest BCUT2D eigenvalue weighted by molar-refractivity contribution is 6.74. The van der Waals surface area contributed by atoms with Crippen LogP contribution in [0.4, 0.5) is 13.2 Å². The van der Waals surface area contributed by atoms with E-state index in [1.807, 2.05) is 33.9 Å². The fourth-order valence-corrected chi connectivity index (χ4v) is 3.49. The van der Waals surface area contributed by atoms with Gasteiger partial charge < -0.3 is 9.16 Å². The first-order chi connectivity index (χ1) is 13.2. The SMILES string of the molecule is CC(C)(C)[Si](C)(C)OCc1cc(Cl)c(C(=O)Oc2ccccc2)cc1C(F)(F)F. The maximum atomic E-state index is 13.7. The Kier molecular flexibility index (Phi) is 6.87. The molecule has 158 valence electrons. The Hall–Kier alpha value is -1.83. The molecule has 29 heavy (non-hydrogen) atoms. The second-order valence-corrected chi connectivity index (χ2v) is 13.5. The Labute approximate surface area is 174 Å². The van der Waals surface area contributed by atoms with Crippen LogP contribution in [0.25, 0.3) is 0 Å². The van der Waals surface area contributed by atoms with Crippen LogP contribution >= 0.6 is 11.6 Å². The van der Waals surface area contributed by atoms with Gasteiger partial charge in [-0.15, -0.1) is 0 Å². The quantitative estimate of drug-likeness (QED) is 0.280. The molecule has 0 aliphatic heterocycles. The van der Waals surface area contributed by atoms with Gasteiger partial charge in [-0.25, -0.2) is 4.79 Å². The van der Waals surface area contributed by atoms with Gasteiger partial charge in [0.2, 0.25) is 0 Å². The van der Waals surface area contributed by atoms with Crippen LogP contribution < -0.4 is 4.74 Å². The molecule has 0 bridgehead atoms. The minimum Gasteiger partial charge on any atom is -0.423 e. The molecule has 0 aliphatic carbocycles. The lowest BCUT2D eigenvalue weighted by molar-refractivity contribution is -0.138. The molecule has 2 aromatic carbocycles. The zero-order valence-electron chi connectivity index (χ0n) is 17.0. The van der Waals surface area contributed by atoms with Crippen molar-refractivity contribution in [3.05, 3.63) is 64.2 Å². The average Bonchev–Trinajstić information content (AvgIpc) is 2.58. The zero-order chi connectivity index (χ0) is 22.0. The van der Waals surface area contributed by atoms with Gasteiger partial charge in [0.1, 0.15) is 5.75 Å². The van der Waals surface area contributed by atoms with Crippen molar-refractivity contribution in [2.75, 3.05) is 0 Å². The smallest absolute Gasteiger partial charge is 0.416 e. The molecule has 0 heterocycles. The van der Waals surface area contributed by atoms with Crippen LogP contribution in [0.1, 0.15) is 42.3 Å². The molecule has 0 aromatic heterocycles. The predicted molar refractivity (Wildman–Crippen MR) is 110 cm³/mol. The molecule has 0 N–H and O–H groups in total. The number of alkyl halides is 3. The van der Waals surface area contributed by atoms with Crippen LogP contribution in [0.15, 0.2) is 42.5 Å². The summed E-state index contributed by atoms with van der Waals surface area (Å²) in [6.07, 6.45) is -4.67. The van der Waals surface area contributed by atoms with E-state index in [1.54, 1.807) is 18.2 Å². The van der Waals surface area contributed by atoms with Gasteiger partial charge in [0.25, 0.3) is 0 Å². The summed E-state index contributed by atoms with van der Waals surface area (Å²) in [5, 5.41) is -0.276. The predicted octanol–water partition coefficient (Wildman–Crippen LogP) is 7.10. The molecule has 3 nitrogen and oxygen atoms in total. The molecule has 0 saturated heterocycles. The molecule has 0 radical (unpaired) electrons. The van der Waals surface area contributed by atoms with Gasteiger partial charge in [-0.1, -0.05) is 50.6 Å². The molecule has 0 aliphatic rings. The lowest BCUT2D eigenvalue weighted by Crippen LogP contribution is -2.40. The number of ether oxygens (including phenoxy) is 1. The highest BCUT2D eigenvalue weighted by Crippen LogP contribution is 2.39. The fraction of sp³-hybridized carbons (Fsp3) is 0.381. The molecule has 0 saturated carbocycles. The standard InChI is InChI=1S/C21H24ClF3O3Si/c1-20(2,3)29(4,5)27-13-14-11-18(22)16(12-17(14)21(23,24)25)19(26)28-15-9-7-6-8-10-15/h6-12H,13H2,1-5H3. The molecule has 0 spiro atoms. The highest BCUT2D eigenvalue weighted by Gasteiger charge is 2.39. The molecular weight excluding hydrogens is 421 g/mol. The van der Waals surface area contributed by atoms with Crippen LogP contribution in [-0.4, -0.2) is 14.3 Å². The molecule has 0 amide bonds. The lowest BCUT2D eigenvalue weighted by atomic mass is 10.0. The van der Waals surface area contributed by atoms with E-state index < -0.39 is 26.0 Å². The van der Waals surface area contributed by atoms with E-state index in [2.05, 4.69) is 0 Å².